The fourth-order valence-corrected chi connectivity index (χ4v) is 12.5. The average molecular weight is 982 g/mol. The first kappa shape index (κ1) is 47.6. The van der Waals surface area contributed by atoms with E-state index in [2.05, 4.69) is 67.9 Å². The number of pyridine rings is 1. The summed E-state index contributed by atoms with van der Waals surface area (Å²) in [7, 11) is -3.39. The van der Waals surface area contributed by atoms with E-state index in [9.17, 15) is 32.8 Å². The molecule has 70 heavy (non-hydrogen) atoms. The van der Waals surface area contributed by atoms with Gasteiger partial charge < -0.3 is 39.3 Å². The number of aromatic nitrogens is 2. The number of nitrogens with zero attached hydrogens (tertiary/aromatic N) is 4. The van der Waals surface area contributed by atoms with Crippen LogP contribution >= 0.6 is 0 Å². The van der Waals surface area contributed by atoms with Crippen molar-refractivity contribution in [1.29, 1.82) is 0 Å². The third-order valence-electron chi connectivity index (χ3n) is 15.5. The van der Waals surface area contributed by atoms with E-state index < -0.39 is 42.9 Å². The maximum absolute atomic E-state index is 14.9. The van der Waals surface area contributed by atoms with Crippen molar-refractivity contribution in [2.75, 3.05) is 56.8 Å². The fraction of sp³-hybridized carbons (Fsp3) is 0.490. The molecule has 17 nitrogen and oxygen atoms in total. The molecule has 0 radical (unpaired) electrons. The van der Waals surface area contributed by atoms with Crippen LogP contribution in [0.4, 0.5) is 21.5 Å². The van der Waals surface area contributed by atoms with Gasteiger partial charge in [0, 0.05) is 61.8 Å². The lowest BCUT2D eigenvalue weighted by molar-refractivity contribution is -0.384. The molecule has 2 aliphatic carbocycles. The number of hydrogen-bond donors (Lipinski definition) is 4. The number of aromatic amines is 1. The number of aliphatic hydroxyl groups is 1. The second-order valence-corrected chi connectivity index (χ2v) is 22.1. The summed E-state index contributed by atoms with van der Waals surface area (Å²) in [6.07, 6.45) is 7.77. The lowest BCUT2D eigenvalue weighted by Gasteiger charge is -2.57. The zero-order valence-electron chi connectivity index (χ0n) is 39.8. The predicted molar refractivity (Wildman–Crippen MR) is 260 cm³/mol. The van der Waals surface area contributed by atoms with Gasteiger partial charge in [0.05, 0.1) is 58.8 Å². The summed E-state index contributed by atoms with van der Waals surface area (Å²) in [6.45, 7) is 10.1. The van der Waals surface area contributed by atoms with Gasteiger partial charge in [0.2, 0.25) is 0 Å². The third kappa shape index (κ3) is 9.23. The molecule has 1 amide bonds. The summed E-state index contributed by atoms with van der Waals surface area (Å²) in [5.41, 5.74) is 2.40. The maximum atomic E-state index is 14.9. The number of piperidine rings is 1. The van der Waals surface area contributed by atoms with E-state index in [-0.39, 0.29) is 75.4 Å². The van der Waals surface area contributed by atoms with E-state index in [1.54, 1.807) is 19.1 Å². The van der Waals surface area contributed by atoms with Crippen LogP contribution in [0, 0.1) is 27.3 Å². The van der Waals surface area contributed by atoms with E-state index in [0.29, 0.717) is 44.2 Å². The number of methoxy groups -OCH3 is 1. The number of nitrogens with one attached hydrogen (secondary N) is 3. The van der Waals surface area contributed by atoms with Crippen LogP contribution in [0.15, 0.2) is 71.8 Å². The van der Waals surface area contributed by atoms with Gasteiger partial charge in [-0.3, -0.25) is 19.8 Å². The summed E-state index contributed by atoms with van der Waals surface area (Å²) in [5.74, 6) is -1.31. The number of ether oxygens (including phenoxy) is 4. The topological polar surface area (TPSA) is 211 Å². The highest BCUT2D eigenvalue weighted by atomic mass is 32.2. The van der Waals surface area contributed by atoms with Crippen LogP contribution in [-0.2, 0) is 14.8 Å². The van der Waals surface area contributed by atoms with Crippen LogP contribution in [0.25, 0.3) is 11.0 Å². The highest BCUT2D eigenvalue weighted by Crippen LogP contribution is 2.53. The van der Waals surface area contributed by atoms with Gasteiger partial charge in [0.1, 0.15) is 23.8 Å². The van der Waals surface area contributed by atoms with Gasteiger partial charge in [-0.2, -0.15) is 4.98 Å². The number of morpholine rings is 1. The van der Waals surface area contributed by atoms with Crippen molar-refractivity contribution in [2.24, 2.45) is 11.3 Å². The van der Waals surface area contributed by atoms with Crippen molar-refractivity contribution in [3.05, 3.63) is 99.5 Å². The van der Waals surface area contributed by atoms with Gasteiger partial charge in [-0.25, -0.2) is 17.5 Å². The molecular weight excluding hydrogens is 922 g/mol. The quantitative estimate of drug-likeness (QED) is 0.0682. The molecule has 372 valence electrons. The van der Waals surface area contributed by atoms with Crippen LogP contribution in [0.2, 0.25) is 0 Å². The van der Waals surface area contributed by atoms with Crippen LogP contribution in [0.5, 0.6) is 23.1 Å². The minimum absolute atomic E-state index is 0.0130. The number of rotatable bonds is 12. The molecule has 2 saturated heterocycles. The van der Waals surface area contributed by atoms with E-state index in [4.69, 9.17) is 18.9 Å². The fourth-order valence-electron chi connectivity index (χ4n) is 11.5. The maximum Gasteiger partial charge on any atom is 0.297 e. The average Bonchev–Trinajstić information content (AvgIpc) is 3.70. The number of halogens is 1. The Kier molecular flexibility index (Phi) is 12.7. The number of nitro groups is 1. The minimum atomic E-state index is -4.76. The summed E-state index contributed by atoms with van der Waals surface area (Å²) in [4.78, 5) is 37.4. The number of sulfonamides is 1. The van der Waals surface area contributed by atoms with Gasteiger partial charge in [0.15, 0.2) is 17.2 Å². The molecule has 0 unspecified atom stereocenters. The second kappa shape index (κ2) is 18.6. The first-order valence-corrected chi connectivity index (χ1v) is 25.7. The molecule has 3 aliphatic heterocycles. The lowest BCUT2D eigenvalue weighted by atomic mass is 9.59. The summed E-state index contributed by atoms with van der Waals surface area (Å²) in [6, 6.07) is 17.4. The van der Waals surface area contributed by atoms with Crippen molar-refractivity contribution in [3.63, 3.8) is 0 Å². The number of fused-ring (bicyclic) bond motifs is 2. The largest absolute Gasteiger partial charge is 0.489 e. The Morgan fingerprint density at radius 2 is 1.79 bits per heavy atom. The zero-order chi connectivity index (χ0) is 49.1. The number of anilines is 2. The van der Waals surface area contributed by atoms with Crippen LogP contribution in [-0.4, -0.2) is 103 Å². The number of amides is 1. The summed E-state index contributed by atoms with van der Waals surface area (Å²) >= 11 is 0. The Balaban J connectivity index is 0.884. The van der Waals surface area contributed by atoms with Gasteiger partial charge in [-0.15, -0.1) is 0 Å². The second-order valence-electron chi connectivity index (χ2n) is 20.4. The molecule has 3 aromatic carbocycles. The Labute approximate surface area is 406 Å². The third-order valence-corrected chi connectivity index (χ3v) is 16.8. The monoisotopic (exact) mass is 981 g/mol. The molecule has 2 aromatic heterocycles. The van der Waals surface area contributed by atoms with Crippen LogP contribution in [0.3, 0.4) is 0 Å². The minimum Gasteiger partial charge on any atom is -0.489 e. The Morgan fingerprint density at radius 1 is 1.03 bits per heavy atom. The molecule has 5 heterocycles. The van der Waals surface area contributed by atoms with Crippen LogP contribution < -0.4 is 29.1 Å². The summed E-state index contributed by atoms with van der Waals surface area (Å²) in [5, 5.41) is 26.2. The molecule has 2 atom stereocenters. The van der Waals surface area contributed by atoms with Crippen molar-refractivity contribution < 1.29 is 46.6 Å². The molecule has 2 saturated carbocycles. The van der Waals surface area contributed by atoms with Gasteiger partial charge >= 0.3 is 0 Å². The molecule has 5 aromatic rings. The van der Waals surface area contributed by atoms with Gasteiger partial charge in [-0.1, -0.05) is 38.1 Å². The normalized spacial score (nSPS) is 23.8. The molecule has 5 aliphatic rings. The number of nitro benzene ring substituents is 1. The number of hydrogen-bond acceptors (Lipinski definition) is 14. The van der Waals surface area contributed by atoms with Crippen molar-refractivity contribution >= 4 is 44.0 Å². The first-order chi connectivity index (χ1) is 33.5. The van der Waals surface area contributed by atoms with E-state index in [0.717, 1.165) is 75.9 Å². The van der Waals surface area contributed by atoms with Crippen molar-refractivity contribution in [3.8, 4) is 23.1 Å². The molecule has 19 heteroatoms. The number of carbonyl (C=O) groups excluding carboxylic acids is 1. The van der Waals surface area contributed by atoms with E-state index >= 15 is 0 Å². The predicted octanol–water partition coefficient (Wildman–Crippen LogP) is 8.59. The van der Waals surface area contributed by atoms with Crippen LogP contribution in [0.1, 0.15) is 106 Å². The molecule has 0 bridgehead atoms. The Bertz CT molecular complexity index is 2920. The lowest BCUT2D eigenvalue weighted by Crippen LogP contribution is -2.58. The van der Waals surface area contributed by atoms with Crippen molar-refractivity contribution in [1.82, 2.24) is 19.6 Å². The highest BCUT2D eigenvalue weighted by molar-refractivity contribution is 7.90. The first-order valence-electron chi connectivity index (χ1n) is 24.2. The summed E-state index contributed by atoms with van der Waals surface area (Å²) < 4.78 is 68.9. The van der Waals surface area contributed by atoms with Crippen molar-refractivity contribution in [2.45, 2.75) is 107 Å². The van der Waals surface area contributed by atoms with Gasteiger partial charge in [0.25, 0.3) is 27.5 Å². The van der Waals surface area contributed by atoms with Gasteiger partial charge in [-0.05, 0) is 98.8 Å². The standard InChI is InChI=1S/C51H60FN7O10S/c1-30(2)35-7-5-6-8-36(35)42-29-67-20-19-58(42)33-25-51(26-33)15-17-57(18-16-51)32-9-10-37(43(21-32)69-45-24-38-39(52)27-53-47(38)55-49(45)66-4)48(60)56-70(64,65)34-22-41(59(62)63)46-44(23-34)68-28-40(54-46)31-11-13-50(3,61)14-12-31/h5-10,21-24,27,30-31,33,40,42,54,61H,11-20,25-26,28-29H2,1-4H3,(H,53,55)(H,56,60)/t31?,40-,42-,50?/m1/s1. The zero-order valence-corrected chi connectivity index (χ0v) is 40.7. The molecule has 4 N–H and O–H groups in total. The van der Waals surface area contributed by atoms with E-state index in [1.807, 2.05) is 0 Å². The number of benzene rings is 3. The molecule has 4 fully saturated rings. The SMILES string of the molecule is COc1nc2[nH]cc(F)c2cc1Oc1cc(N2CCC3(CC2)CC(N2CCOC[C@@H]2c2ccccc2C(C)C)C3)ccc1C(=O)NS(=O)(=O)c1cc2c(c([N+](=O)[O-])c1)N[C@@H](C1CCC(C)(O)CC1)CO2. The molecular formula is C51H60FN7O10S. The molecule has 10 rings (SSSR count). The number of carbonyl (C=O) groups is 1. The molecule has 1 spiro atoms. The Morgan fingerprint density at radius 3 is 2.51 bits per heavy atom. The smallest absolute Gasteiger partial charge is 0.297 e. The number of H-pyrrole nitrogens is 1. The Hall–Kier alpha value is -6.02. The highest BCUT2D eigenvalue weighted by Gasteiger charge is 2.50. The van der Waals surface area contributed by atoms with E-state index in [1.165, 1.54) is 30.4 Å².